The van der Waals surface area contributed by atoms with Crippen molar-refractivity contribution in [3.05, 3.63) is 45.7 Å². The fourth-order valence-corrected chi connectivity index (χ4v) is 4.54. The number of ether oxygens (including phenoxy) is 1. The molecule has 8 heteroatoms. The van der Waals surface area contributed by atoms with Gasteiger partial charge in [0.1, 0.15) is 16.0 Å². The van der Waals surface area contributed by atoms with Crippen molar-refractivity contribution in [3.63, 3.8) is 0 Å². The molecule has 0 radical (unpaired) electrons. The Morgan fingerprint density at radius 1 is 1.28 bits per heavy atom. The highest BCUT2D eigenvalue weighted by atomic mass is 32.1. The molecule has 1 aliphatic rings. The Morgan fingerprint density at radius 2 is 2.03 bits per heavy atom. The molecule has 4 heterocycles. The predicted octanol–water partition coefficient (Wildman–Crippen LogP) is 4.16. The van der Waals surface area contributed by atoms with Crippen LogP contribution in [-0.4, -0.2) is 44.6 Å². The van der Waals surface area contributed by atoms with E-state index in [4.69, 9.17) is 9.72 Å². The van der Waals surface area contributed by atoms with Gasteiger partial charge in [0.2, 0.25) is 0 Å². The van der Waals surface area contributed by atoms with Crippen molar-refractivity contribution in [3.8, 4) is 11.5 Å². The molecule has 3 aromatic heterocycles. The summed E-state index contributed by atoms with van der Waals surface area (Å²) in [7, 11) is 0. The summed E-state index contributed by atoms with van der Waals surface area (Å²) >= 11 is 1.42. The summed E-state index contributed by atoms with van der Waals surface area (Å²) in [6, 6.07) is 5.53. The van der Waals surface area contributed by atoms with Gasteiger partial charge in [-0.15, -0.1) is 11.3 Å². The summed E-state index contributed by atoms with van der Waals surface area (Å²) in [5.41, 5.74) is 1.83. The van der Waals surface area contributed by atoms with Crippen molar-refractivity contribution in [1.82, 2.24) is 19.9 Å². The molecule has 0 saturated carbocycles. The second-order valence-corrected chi connectivity index (χ2v) is 9.12. The molecule has 4 rings (SSSR count). The number of fused-ring (bicyclic) bond motifs is 1. The molecule has 0 atom stereocenters. The topological polar surface area (TPSA) is 88.2 Å². The first-order chi connectivity index (χ1) is 13.8. The zero-order valence-electron chi connectivity index (χ0n) is 16.8. The highest BCUT2D eigenvalue weighted by Gasteiger charge is 2.29. The van der Waals surface area contributed by atoms with Gasteiger partial charge in [0.05, 0.1) is 5.52 Å². The average molecular weight is 413 g/mol. The second-order valence-electron chi connectivity index (χ2n) is 8.24. The molecule has 1 saturated heterocycles. The van der Waals surface area contributed by atoms with Crippen LogP contribution in [0.15, 0.2) is 34.6 Å². The Balaban J connectivity index is 1.57. The summed E-state index contributed by atoms with van der Waals surface area (Å²) in [6.07, 6.45) is 3.05. The lowest BCUT2D eigenvalue weighted by atomic mass is 9.90. The van der Waals surface area contributed by atoms with Crippen LogP contribution in [0, 0.1) is 0 Å². The van der Waals surface area contributed by atoms with E-state index in [1.807, 2.05) is 44.4 Å². The minimum absolute atomic E-state index is 0.141. The molecule has 0 unspecified atom stereocenters. The molecular formula is C21H24N4O3S. The van der Waals surface area contributed by atoms with Crippen LogP contribution in [-0.2, 0) is 4.74 Å². The number of nitrogens with one attached hydrogen (secondary N) is 1. The van der Waals surface area contributed by atoms with E-state index in [2.05, 4.69) is 9.97 Å². The number of likely N-dealkylation sites (tertiary alicyclic amines) is 1. The molecule has 0 bridgehead atoms. The van der Waals surface area contributed by atoms with E-state index in [1.165, 1.54) is 11.3 Å². The SMILES string of the molecule is CC(C)(C)OC(=O)N1CCC(c2csc3c(=O)[nH]c(-c4ccccn4)nc23)CC1. The van der Waals surface area contributed by atoms with Gasteiger partial charge in [-0.05, 0) is 62.6 Å². The van der Waals surface area contributed by atoms with Gasteiger partial charge >= 0.3 is 6.09 Å². The van der Waals surface area contributed by atoms with Crippen molar-refractivity contribution < 1.29 is 9.53 Å². The largest absolute Gasteiger partial charge is 0.444 e. The first-order valence-electron chi connectivity index (χ1n) is 9.72. The van der Waals surface area contributed by atoms with Crippen LogP contribution in [0.2, 0.25) is 0 Å². The van der Waals surface area contributed by atoms with E-state index in [0.29, 0.717) is 29.3 Å². The molecule has 1 fully saturated rings. The van der Waals surface area contributed by atoms with Gasteiger partial charge in [0.25, 0.3) is 5.56 Å². The monoisotopic (exact) mass is 412 g/mol. The fourth-order valence-electron chi connectivity index (χ4n) is 3.56. The molecule has 152 valence electrons. The van der Waals surface area contributed by atoms with E-state index in [1.54, 1.807) is 11.1 Å². The summed E-state index contributed by atoms with van der Waals surface area (Å²) in [5, 5.41) is 2.03. The summed E-state index contributed by atoms with van der Waals surface area (Å²) < 4.78 is 6.11. The average Bonchev–Trinajstić information content (AvgIpc) is 3.12. The van der Waals surface area contributed by atoms with Crippen molar-refractivity contribution >= 4 is 27.6 Å². The third kappa shape index (κ3) is 4.17. The van der Waals surface area contributed by atoms with E-state index < -0.39 is 5.60 Å². The minimum atomic E-state index is -0.496. The zero-order valence-corrected chi connectivity index (χ0v) is 17.6. The fraction of sp³-hybridized carbons (Fsp3) is 0.429. The van der Waals surface area contributed by atoms with Crippen LogP contribution < -0.4 is 5.56 Å². The smallest absolute Gasteiger partial charge is 0.410 e. The zero-order chi connectivity index (χ0) is 20.6. The molecular weight excluding hydrogens is 388 g/mol. The Bertz CT molecular complexity index is 1080. The maximum atomic E-state index is 12.6. The first-order valence-corrected chi connectivity index (χ1v) is 10.6. The van der Waals surface area contributed by atoms with E-state index in [0.717, 1.165) is 23.9 Å². The maximum Gasteiger partial charge on any atom is 0.410 e. The standard InChI is InChI=1S/C21H24N4O3S/c1-21(2,3)28-20(27)25-10-7-13(8-11-25)14-12-29-17-16(14)23-18(24-19(17)26)15-6-4-5-9-22-15/h4-6,9,12-13H,7-8,10-11H2,1-3H3,(H,23,24,26). The van der Waals surface area contributed by atoms with Gasteiger partial charge in [0.15, 0.2) is 5.82 Å². The number of H-pyrrole nitrogens is 1. The number of amides is 1. The Morgan fingerprint density at radius 3 is 2.69 bits per heavy atom. The molecule has 0 aromatic carbocycles. The van der Waals surface area contributed by atoms with E-state index >= 15 is 0 Å². The number of carbonyl (C=O) groups is 1. The van der Waals surface area contributed by atoms with E-state index in [9.17, 15) is 9.59 Å². The third-order valence-electron chi connectivity index (χ3n) is 4.95. The van der Waals surface area contributed by atoms with Crippen molar-refractivity contribution in [2.24, 2.45) is 0 Å². The van der Waals surface area contributed by atoms with Crippen LogP contribution in [0.5, 0.6) is 0 Å². The number of aromatic amines is 1. The number of rotatable bonds is 2. The lowest BCUT2D eigenvalue weighted by Gasteiger charge is -2.33. The van der Waals surface area contributed by atoms with E-state index in [-0.39, 0.29) is 17.6 Å². The Kier molecular flexibility index (Phi) is 5.12. The summed E-state index contributed by atoms with van der Waals surface area (Å²) in [6.45, 7) is 6.88. The van der Waals surface area contributed by atoms with Gasteiger partial charge in [-0.25, -0.2) is 9.78 Å². The van der Waals surface area contributed by atoms with Crippen LogP contribution in [0.1, 0.15) is 45.1 Å². The number of hydrogen-bond acceptors (Lipinski definition) is 6. The van der Waals surface area contributed by atoms with Gasteiger partial charge in [0, 0.05) is 19.3 Å². The summed E-state index contributed by atoms with van der Waals surface area (Å²) in [5.74, 6) is 0.738. The number of thiophene rings is 1. The molecule has 1 amide bonds. The van der Waals surface area contributed by atoms with Gasteiger partial charge < -0.3 is 14.6 Å². The van der Waals surface area contributed by atoms with Gasteiger partial charge in [-0.3, -0.25) is 9.78 Å². The van der Waals surface area contributed by atoms with Crippen LogP contribution in [0.25, 0.3) is 21.7 Å². The third-order valence-corrected chi connectivity index (χ3v) is 5.93. The van der Waals surface area contributed by atoms with Crippen LogP contribution >= 0.6 is 11.3 Å². The lowest BCUT2D eigenvalue weighted by molar-refractivity contribution is 0.0205. The highest BCUT2D eigenvalue weighted by molar-refractivity contribution is 7.17. The molecule has 3 aromatic rings. The van der Waals surface area contributed by atoms with Crippen molar-refractivity contribution in [2.75, 3.05) is 13.1 Å². The predicted molar refractivity (Wildman–Crippen MR) is 113 cm³/mol. The second kappa shape index (κ2) is 7.59. The van der Waals surface area contributed by atoms with Gasteiger partial charge in [-0.1, -0.05) is 6.07 Å². The number of nitrogens with zero attached hydrogens (tertiary/aromatic N) is 3. The number of hydrogen-bond donors (Lipinski definition) is 1. The summed E-state index contributed by atoms with van der Waals surface area (Å²) in [4.78, 5) is 38.5. The quantitative estimate of drug-likeness (QED) is 0.683. The first kappa shape index (κ1) is 19.6. The molecule has 1 aliphatic heterocycles. The van der Waals surface area contributed by atoms with Gasteiger partial charge in [-0.2, -0.15) is 0 Å². The molecule has 0 spiro atoms. The Hall–Kier alpha value is -2.74. The molecule has 7 nitrogen and oxygen atoms in total. The van der Waals surface area contributed by atoms with Crippen LogP contribution in [0.3, 0.4) is 0 Å². The number of carbonyl (C=O) groups excluding carboxylic acids is 1. The lowest BCUT2D eigenvalue weighted by Crippen LogP contribution is -2.41. The molecule has 0 aliphatic carbocycles. The molecule has 29 heavy (non-hydrogen) atoms. The Labute approximate surface area is 172 Å². The number of aromatic nitrogens is 3. The minimum Gasteiger partial charge on any atom is -0.444 e. The normalized spacial score (nSPS) is 15.6. The molecule has 1 N–H and O–H groups in total. The maximum absolute atomic E-state index is 12.6. The number of pyridine rings is 1. The number of piperidine rings is 1. The van der Waals surface area contributed by atoms with Crippen LogP contribution in [0.4, 0.5) is 4.79 Å². The highest BCUT2D eigenvalue weighted by Crippen LogP contribution is 2.35. The van der Waals surface area contributed by atoms with Crippen molar-refractivity contribution in [2.45, 2.75) is 45.1 Å². The van der Waals surface area contributed by atoms with Crippen molar-refractivity contribution in [1.29, 1.82) is 0 Å².